The Morgan fingerprint density at radius 3 is 2.52 bits per heavy atom. The molecule has 0 atom stereocenters. The first-order valence-electron chi connectivity index (χ1n) is 6.37. The highest BCUT2D eigenvalue weighted by Crippen LogP contribution is 2.35. The summed E-state index contributed by atoms with van der Waals surface area (Å²) in [6.45, 7) is 0.135. The fraction of sp³-hybridized carbons (Fsp3) is 0.0588. The Hall–Kier alpha value is -2.57. The Morgan fingerprint density at radius 1 is 1.00 bits per heavy atom. The van der Waals surface area contributed by atoms with Gasteiger partial charge in [-0.2, -0.15) is 0 Å². The van der Waals surface area contributed by atoms with Gasteiger partial charge in [0.05, 0.1) is 22.8 Å². The first kappa shape index (κ1) is 13.4. The van der Waals surface area contributed by atoms with E-state index in [9.17, 15) is 9.59 Å². The van der Waals surface area contributed by atoms with E-state index in [4.69, 9.17) is 11.6 Å². The predicted molar refractivity (Wildman–Crippen MR) is 81.5 cm³/mol. The third-order valence-electron chi connectivity index (χ3n) is 3.18. The van der Waals surface area contributed by atoms with Gasteiger partial charge in [0.15, 0.2) is 0 Å². The summed E-state index contributed by atoms with van der Waals surface area (Å²) in [6.07, 6.45) is 0. The SMILES string of the molecule is O=C1C(=O)N(CC#Cc2ccccc2)c2c(Cl)cccc21. The zero-order valence-electron chi connectivity index (χ0n) is 11.0. The second-order valence-electron chi connectivity index (χ2n) is 4.52. The molecule has 0 saturated heterocycles. The molecule has 1 amide bonds. The number of hydrogen-bond donors (Lipinski definition) is 0. The van der Waals surface area contributed by atoms with Crippen molar-refractivity contribution >= 4 is 29.0 Å². The molecule has 4 heteroatoms. The monoisotopic (exact) mass is 295 g/mol. The minimum atomic E-state index is -0.583. The molecule has 0 bridgehead atoms. The lowest BCUT2D eigenvalue weighted by Gasteiger charge is -2.13. The number of anilines is 1. The molecule has 0 saturated carbocycles. The van der Waals surface area contributed by atoms with Gasteiger partial charge in [-0.05, 0) is 24.3 Å². The molecule has 1 heterocycles. The zero-order valence-corrected chi connectivity index (χ0v) is 11.7. The number of benzene rings is 2. The van der Waals surface area contributed by atoms with Crippen molar-refractivity contribution in [2.24, 2.45) is 0 Å². The summed E-state index contributed by atoms with van der Waals surface area (Å²) in [6, 6.07) is 14.4. The predicted octanol–water partition coefficient (Wildman–Crippen LogP) is 2.92. The molecule has 0 aromatic heterocycles. The molecule has 102 valence electrons. The summed E-state index contributed by atoms with van der Waals surface area (Å²) in [7, 11) is 0. The Bertz CT molecular complexity index is 787. The summed E-state index contributed by atoms with van der Waals surface area (Å²) < 4.78 is 0. The van der Waals surface area contributed by atoms with Gasteiger partial charge in [0.2, 0.25) is 0 Å². The Balaban J connectivity index is 1.90. The van der Waals surface area contributed by atoms with Gasteiger partial charge < -0.3 is 0 Å². The van der Waals surface area contributed by atoms with Crippen LogP contribution < -0.4 is 4.90 Å². The number of carbonyl (C=O) groups excluding carboxylic acids is 2. The van der Waals surface area contributed by atoms with Gasteiger partial charge in [0.1, 0.15) is 0 Å². The Kier molecular flexibility index (Phi) is 3.47. The van der Waals surface area contributed by atoms with Gasteiger partial charge in [0, 0.05) is 5.56 Å². The lowest BCUT2D eigenvalue weighted by molar-refractivity contribution is -0.114. The van der Waals surface area contributed by atoms with E-state index >= 15 is 0 Å². The van der Waals surface area contributed by atoms with Crippen LogP contribution in [-0.2, 0) is 4.79 Å². The van der Waals surface area contributed by atoms with Gasteiger partial charge in [-0.1, -0.05) is 47.7 Å². The van der Waals surface area contributed by atoms with Crippen LogP contribution in [0.2, 0.25) is 5.02 Å². The molecule has 2 aromatic carbocycles. The van der Waals surface area contributed by atoms with Crippen LogP contribution in [0.25, 0.3) is 0 Å². The standard InChI is InChI=1S/C17H10ClNO2/c18-14-10-4-9-13-15(14)19(17(21)16(13)20)11-5-8-12-6-2-1-3-7-12/h1-4,6-7,9-10H,11H2. The maximum Gasteiger partial charge on any atom is 0.300 e. The van der Waals surface area contributed by atoms with Crippen LogP contribution in [0.3, 0.4) is 0 Å². The quantitative estimate of drug-likeness (QED) is 0.599. The van der Waals surface area contributed by atoms with Crippen molar-refractivity contribution < 1.29 is 9.59 Å². The van der Waals surface area contributed by atoms with E-state index in [2.05, 4.69) is 11.8 Å². The van der Waals surface area contributed by atoms with E-state index in [1.807, 2.05) is 30.3 Å². The summed E-state index contributed by atoms with van der Waals surface area (Å²) in [5.74, 6) is 4.75. The van der Waals surface area contributed by atoms with Crippen LogP contribution in [0.1, 0.15) is 15.9 Å². The molecule has 0 spiro atoms. The summed E-state index contributed by atoms with van der Waals surface area (Å²) in [5, 5.41) is 0.383. The largest absolute Gasteiger partial charge is 0.300 e. The van der Waals surface area contributed by atoms with E-state index in [1.54, 1.807) is 18.2 Å². The number of Topliss-reactive ketones (excluding diaryl/α,β-unsaturated/α-hetero) is 1. The van der Waals surface area contributed by atoms with Crippen molar-refractivity contribution in [1.82, 2.24) is 0 Å². The minimum absolute atomic E-state index is 0.135. The second kappa shape index (κ2) is 5.43. The van der Waals surface area contributed by atoms with Crippen LogP contribution in [0.4, 0.5) is 5.69 Å². The van der Waals surface area contributed by atoms with Crippen LogP contribution in [0.5, 0.6) is 0 Å². The van der Waals surface area contributed by atoms with Crippen LogP contribution in [0, 0.1) is 11.8 Å². The number of para-hydroxylation sites is 1. The fourth-order valence-electron chi connectivity index (χ4n) is 2.21. The first-order valence-corrected chi connectivity index (χ1v) is 6.75. The first-order chi connectivity index (χ1) is 10.2. The van der Waals surface area contributed by atoms with Crippen LogP contribution in [-0.4, -0.2) is 18.2 Å². The highest BCUT2D eigenvalue weighted by molar-refractivity contribution is 6.54. The van der Waals surface area contributed by atoms with E-state index in [0.29, 0.717) is 16.3 Å². The third kappa shape index (κ3) is 2.42. The number of halogens is 1. The molecule has 0 fully saturated rings. The smallest absolute Gasteiger partial charge is 0.292 e. The van der Waals surface area contributed by atoms with Crippen LogP contribution in [0.15, 0.2) is 48.5 Å². The third-order valence-corrected chi connectivity index (χ3v) is 3.49. The van der Waals surface area contributed by atoms with E-state index < -0.39 is 11.7 Å². The average molecular weight is 296 g/mol. The lowest BCUT2D eigenvalue weighted by Crippen LogP contribution is -2.30. The normalized spacial score (nSPS) is 12.9. The molecule has 1 aliphatic heterocycles. The molecule has 0 radical (unpaired) electrons. The topological polar surface area (TPSA) is 37.4 Å². The number of hydrogen-bond acceptors (Lipinski definition) is 2. The molecule has 0 unspecified atom stereocenters. The maximum absolute atomic E-state index is 12.0. The molecule has 2 aromatic rings. The van der Waals surface area contributed by atoms with Crippen molar-refractivity contribution in [3.8, 4) is 11.8 Å². The van der Waals surface area contributed by atoms with Gasteiger partial charge in [-0.25, -0.2) is 0 Å². The number of amides is 1. The van der Waals surface area contributed by atoms with Crippen molar-refractivity contribution in [3.05, 3.63) is 64.7 Å². The van der Waals surface area contributed by atoms with Gasteiger partial charge in [-0.3, -0.25) is 14.5 Å². The van der Waals surface area contributed by atoms with Gasteiger partial charge >= 0.3 is 0 Å². The number of carbonyl (C=O) groups is 2. The highest BCUT2D eigenvalue weighted by atomic mass is 35.5. The number of ketones is 1. The highest BCUT2D eigenvalue weighted by Gasteiger charge is 2.36. The average Bonchev–Trinajstić information content (AvgIpc) is 2.75. The molecule has 1 aliphatic rings. The van der Waals surface area contributed by atoms with Crippen LogP contribution >= 0.6 is 11.6 Å². The Morgan fingerprint density at radius 2 is 1.76 bits per heavy atom. The summed E-state index contributed by atoms with van der Waals surface area (Å²) in [4.78, 5) is 25.2. The van der Waals surface area contributed by atoms with E-state index in [-0.39, 0.29) is 6.54 Å². The van der Waals surface area contributed by atoms with Gasteiger partial charge in [0.25, 0.3) is 11.7 Å². The molecule has 0 aliphatic carbocycles. The van der Waals surface area contributed by atoms with Crippen molar-refractivity contribution in [1.29, 1.82) is 0 Å². The number of rotatable bonds is 1. The maximum atomic E-state index is 12.0. The lowest BCUT2D eigenvalue weighted by atomic mass is 10.1. The zero-order chi connectivity index (χ0) is 14.8. The molecule has 3 rings (SSSR count). The van der Waals surface area contributed by atoms with Crippen molar-refractivity contribution in [3.63, 3.8) is 0 Å². The van der Waals surface area contributed by atoms with E-state index in [0.717, 1.165) is 5.56 Å². The fourth-order valence-corrected chi connectivity index (χ4v) is 2.48. The molecular formula is C17H10ClNO2. The second-order valence-corrected chi connectivity index (χ2v) is 4.93. The molecule has 21 heavy (non-hydrogen) atoms. The molecular weight excluding hydrogens is 286 g/mol. The minimum Gasteiger partial charge on any atom is -0.292 e. The Labute approximate surface area is 127 Å². The van der Waals surface area contributed by atoms with Crippen molar-refractivity contribution in [2.45, 2.75) is 0 Å². The van der Waals surface area contributed by atoms with Gasteiger partial charge in [-0.15, -0.1) is 0 Å². The van der Waals surface area contributed by atoms with Crippen molar-refractivity contribution in [2.75, 3.05) is 11.4 Å². The molecule has 3 nitrogen and oxygen atoms in total. The summed E-state index contributed by atoms with van der Waals surface area (Å²) in [5.41, 5.74) is 1.65. The summed E-state index contributed by atoms with van der Waals surface area (Å²) >= 11 is 6.10. The number of fused-ring (bicyclic) bond motifs is 1. The van der Waals surface area contributed by atoms with E-state index in [1.165, 1.54) is 4.90 Å². The molecule has 0 N–H and O–H groups in total. The number of nitrogens with zero attached hydrogens (tertiary/aromatic N) is 1.